The van der Waals surface area contributed by atoms with Crippen LogP contribution in [0.25, 0.3) is 0 Å². The molecule has 2 saturated heterocycles. The molecule has 0 spiro atoms. The Kier molecular flexibility index (Phi) is 8.61. The molecule has 2 bridgehead atoms. The fourth-order valence-electron chi connectivity index (χ4n) is 4.43. The van der Waals surface area contributed by atoms with E-state index in [4.69, 9.17) is 9.73 Å². The van der Waals surface area contributed by atoms with Crippen LogP contribution in [0.1, 0.15) is 66.7 Å². The molecule has 7 heteroatoms. The normalized spacial score (nSPS) is 26.6. The Hall–Kier alpha value is -1.50. The Morgan fingerprint density at radius 3 is 2.45 bits per heavy atom. The van der Waals surface area contributed by atoms with Crippen molar-refractivity contribution in [2.45, 2.75) is 90.4 Å². The second-order valence-corrected chi connectivity index (χ2v) is 9.90. The first-order valence-corrected chi connectivity index (χ1v) is 11.3. The molecule has 2 fully saturated rings. The number of nitrogens with one attached hydrogen (secondary N) is 2. The maximum absolute atomic E-state index is 12.2. The minimum absolute atomic E-state index is 0.250. The van der Waals surface area contributed by atoms with Crippen LogP contribution in [-0.4, -0.2) is 79.3 Å². The third-order valence-electron chi connectivity index (χ3n) is 5.88. The quantitative estimate of drug-likeness (QED) is 0.521. The van der Waals surface area contributed by atoms with Crippen molar-refractivity contribution >= 4 is 12.1 Å². The number of hydrogen-bond acceptors (Lipinski definition) is 4. The maximum atomic E-state index is 12.2. The zero-order valence-electron chi connectivity index (χ0n) is 19.6. The lowest BCUT2D eigenvalue weighted by Gasteiger charge is -2.47. The van der Waals surface area contributed by atoms with Gasteiger partial charge < -0.3 is 25.2 Å². The summed E-state index contributed by atoms with van der Waals surface area (Å²) in [4.78, 5) is 21.2. The summed E-state index contributed by atoms with van der Waals surface area (Å²) in [6.07, 6.45) is 6.09. The van der Waals surface area contributed by atoms with E-state index in [-0.39, 0.29) is 12.0 Å². The van der Waals surface area contributed by atoms with E-state index in [1.807, 2.05) is 20.8 Å². The largest absolute Gasteiger partial charge is 0.444 e. The smallest absolute Gasteiger partial charge is 0.410 e. The molecule has 2 aliphatic rings. The molecule has 0 aromatic heterocycles. The molecular formula is C22H43N5O2. The molecule has 0 radical (unpaired) electrons. The van der Waals surface area contributed by atoms with Crippen molar-refractivity contribution in [1.82, 2.24) is 20.4 Å². The first kappa shape index (κ1) is 23.8. The fourth-order valence-corrected chi connectivity index (χ4v) is 4.43. The van der Waals surface area contributed by atoms with Crippen LogP contribution >= 0.6 is 0 Å². The molecule has 2 rings (SSSR count). The summed E-state index contributed by atoms with van der Waals surface area (Å²) < 4.78 is 5.43. The summed E-state index contributed by atoms with van der Waals surface area (Å²) >= 11 is 0. The average molecular weight is 410 g/mol. The zero-order chi connectivity index (χ0) is 21.6. The van der Waals surface area contributed by atoms with Gasteiger partial charge in [0, 0.05) is 44.8 Å². The van der Waals surface area contributed by atoms with Gasteiger partial charge in [0.05, 0.1) is 0 Å². The highest BCUT2D eigenvalue weighted by Crippen LogP contribution is 2.32. The van der Waals surface area contributed by atoms with Crippen LogP contribution in [-0.2, 0) is 4.74 Å². The minimum Gasteiger partial charge on any atom is -0.444 e. The van der Waals surface area contributed by atoms with Crippen LogP contribution in [0.3, 0.4) is 0 Å². The number of carbonyl (C=O) groups excluding carboxylic acids is 1. The Labute approximate surface area is 177 Å². The van der Waals surface area contributed by atoms with Gasteiger partial charge in [0.1, 0.15) is 5.60 Å². The molecule has 3 atom stereocenters. The number of fused-ring (bicyclic) bond motifs is 2. The second kappa shape index (κ2) is 10.5. The molecule has 2 N–H and O–H groups in total. The van der Waals surface area contributed by atoms with E-state index >= 15 is 0 Å². The molecule has 1 amide bonds. The first-order valence-electron chi connectivity index (χ1n) is 11.3. The van der Waals surface area contributed by atoms with E-state index in [0.717, 1.165) is 12.5 Å². The Bertz CT molecular complexity index is 546. The summed E-state index contributed by atoms with van der Waals surface area (Å²) in [5, 5.41) is 7.06. The first-order chi connectivity index (χ1) is 13.6. The van der Waals surface area contributed by atoms with Gasteiger partial charge in [-0.05, 0) is 66.3 Å². The topological polar surface area (TPSA) is 69.2 Å². The van der Waals surface area contributed by atoms with Gasteiger partial charge >= 0.3 is 6.09 Å². The predicted octanol–water partition coefficient (Wildman–Crippen LogP) is 3.06. The van der Waals surface area contributed by atoms with Crippen LogP contribution in [0.15, 0.2) is 4.99 Å². The molecule has 29 heavy (non-hydrogen) atoms. The summed E-state index contributed by atoms with van der Waals surface area (Å²) in [5.74, 6) is 1.15. The Morgan fingerprint density at radius 2 is 1.90 bits per heavy atom. The maximum Gasteiger partial charge on any atom is 0.410 e. The summed E-state index contributed by atoms with van der Waals surface area (Å²) in [5.41, 5.74) is -0.471. The average Bonchev–Trinajstić information content (AvgIpc) is 2.59. The van der Waals surface area contributed by atoms with Crippen LogP contribution in [0.4, 0.5) is 4.79 Å². The fraction of sp³-hybridized carbons (Fsp3) is 0.909. The van der Waals surface area contributed by atoms with Crippen molar-refractivity contribution in [3.63, 3.8) is 0 Å². The van der Waals surface area contributed by atoms with Crippen LogP contribution in [0, 0.1) is 5.92 Å². The van der Waals surface area contributed by atoms with Crippen molar-refractivity contribution in [3.8, 4) is 0 Å². The van der Waals surface area contributed by atoms with E-state index < -0.39 is 5.60 Å². The highest BCUT2D eigenvalue weighted by Gasteiger charge is 2.36. The number of guanidine groups is 1. The third kappa shape index (κ3) is 7.68. The number of nitrogens with zero attached hydrogens (tertiary/aromatic N) is 3. The van der Waals surface area contributed by atoms with E-state index in [1.165, 1.54) is 32.1 Å². The van der Waals surface area contributed by atoms with Crippen molar-refractivity contribution in [1.29, 1.82) is 0 Å². The van der Waals surface area contributed by atoms with E-state index in [2.05, 4.69) is 36.4 Å². The van der Waals surface area contributed by atoms with Gasteiger partial charge in [0.15, 0.2) is 5.96 Å². The molecule has 0 saturated carbocycles. The van der Waals surface area contributed by atoms with Gasteiger partial charge in [0.2, 0.25) is 0 Å². The number of ether oxygens (including phenoxy) is 1. The molecule has 2 aliphatic heterocycles. The standard InChI is InChI=1S/C22H43N5O2/c1-8-23-20(25-17-12-18-10-9-11-19(13-17)27(18)7)24-14-16(2)15-26(6)21(28)29-22(3,4)5/h16-19H,8-15H2,1-7H3,(H2,23,24,25). The van der Waals surface area contributed by atoms with Crippen LogP contribution in [0.5, 0.6) is 0 Å². The number of piperidine rings is 2. The molecule has 168 valence electrons. The molecule has 2 heterocycles. The molecule has 0 aromatic rings. The second-order valence-electron chi connectivity index (χ2n) is 9.90. The van der Waals surface area contributed by atoms with Crippen LogP contribution in [0.2, 0.25) is 0 Å². The van der Waals surface area contributed by atoms with Gasteiger partial charge in [-0.1, -0.05) is 13.3 Å². The molecule has 3 unspecified atom stereocenters. The summed E-state index contributed by atoms with van der Waals surface area (Å²) in [7, 11) is 4.07. The molecule has 0 aromatic carbocycles. The number of carbonyl (C=O) groups is 1. The SMILES string of the molecule is CCNC(=NCC(C)CN(C)C(=O)OC(C)(C)C)NC1CC2CCCC(C1)N2C. The van der Waals surface area contributed by atoms with Crippen molar-refractivity contribution in [3.05, 3.63) is 0 Å². The number of hydrogen-bond donors (Lipinski definition) is 2. The molecule has 0 aliphatic carbocycles. The van der Waals surface area contributed by atoms with Crippen molar-refractivity contribution < 1.29 is 9.53 Å². The van der Waals surface area contributed by atoms with E-state index in [0.29, 0.717) is 31.2 Å². The lowest BCUT2D eigenvalue weighted by atomic mass is 9.82. The number of aliphatic imine (C=N–C) groups is 1. The van der Waals surface area contributed by atoms with Crippen molar-refractivity contribution in [2.75, 3.05) is 33.7 Å². The van der Waals surface area contributed by atoms with Crippen LogP contribution < -0.4 is 10.6 Å². The van der Waals surface area contributed by atoms with Gasteiger partial charge in [-0.15, -0.1) is 0 Å². The van der Waals surface area contributed by atoms with Gasteiger partial charge in [-0.2, -0.15) is 0 Å². The highest BCUT2D eigenvalue weighted by atomic mass is 16.6. The predicted molar refractivity (Wildman–Crippen MR) is 119 cm³/mol. The van der Waals surface area contributed by atoms with Gasteiger partial charge in [0.25, 0.3) is 0 Å². The minimum atomic E-state index is -0.471. The lowest BCUT2D eigenvalue weighted by molar-refractivity contribution is 0.0279. The lowest BCUT2D eigenvalue weighted by Crippen LogP contribution is -2.56. The highest BCUT2D eigenvalue weighted by molar-refractivity contribution is 5.80. The number of rotatable bonds is 6. The Balaban J connectivity index is 1.85. The number of amides is 1. The summed E-state index contributed by atoms with van der Waals surface area (Å²) in [6.45, 7) is 12.0. The van der Waals surface area contributed by atoms with Gasteiger partial charge in [-0.25, -0.2) is 4.79 Å². The summed E-state index contributed by atoms with van der Waals surface area (Å²) in [6, 6.07) is 1.88. The monoisotopic (exact) mass is 409 g/mol. The van der Waals surface area contributed by atoms with E-state index in [1.54, 1.807) is 11.9 Å². The third-order valence-corrected chi connectivity index (χ3v) is 5.88. The molecular weight excluding hydrogens is 366 g/mol. The van der Waals surface area contributed by atoms with E-state index in [9.17, 15) is 4.79 Å². The van der Waals surface area contributed by atoms with Crippen molar-refractivity contribution in [2.24, 2.45) is 10.9 Å². The zero-order valence-corrected chi connectivity index (χ0v) is 19.6. The van der Waals surface area contributed by atoms with Gasteiger partial charge in [-0.3, -0.25) is 4.99 Å². The molecule has 7 nitrogen and oxygen atoms in total. The Morgan fingerprint density at radius 1 is 1.28 bits per heavy atom.